The van der Waals surface area contributed by atoms with Crippen molar-refractivity contribution in [3.8, 4) is 0 Å². The number of nitrogens with one attached hydrogen (secondary N) is 3. The molecule has 1 saturated heterocycles. The SMILES string of the molecule is COCCOCCOCCOCCOCCOCCOCCOCCC(=O)N(C)Cc1cc(NC(=O)[C@H](C)NC(=O)C(NC(=O)CCOCCOCCOCCOCCN2C(=O)CC(C)C2=O)C(C)C)ccc1COC(=O)C(C)C. The van der Waals surface area contributed by atoms with Gasteiger partial charge in [-0.3, -0.25) is 38.5 Å². The summed E-state index contributed by atoms with van der Waals surface area (Å²) >= 11 is 0. The van der Waals surface area contributed by atoms with E-state index in [4.69, 9.17) is 61.6 Å². The molecule has 6 amide bonds. The van der Waals surface area contributed by atoms with E-state index >= 15 is 0 Å². The number of hydrogen-bond donors (Lipinski definition) is 3. The zero-order valence-corrected chi connectivity index (χ0v) is 48.7. The Kier molecular flexibility index (Phi) is 40.0. The maximum Gasteiger partial charge on any atom is 0.308 e. The third-order valence-electron chi connectivity index (χ3n) is 11.8. The first kappa shape index (κ1) is 71.3. The number of hydrogen-bond acceptors (Lipinski definition) is 20. The van der Waals surface area contributed by atoms with E-state index in [2.05, 4.69) is 16.0 Å². The van der Waals surface area contributed by atoms with Gasteiger partial charge in [0.1, 0.15) is 18.7 Å². The third kappa shape index (κ3) is 33.2. The van der Waals surface area contributed by atoms with Gasteiger partial charge in [-0.15, -0.1) is 0 Å². The topological polar surface area (TPSA) is 282 Å². The van der Waals surface area contributed by atoms with Gasteiger partial charge in [-0.1, -0.05) is 40.7 Å². The van der Waals surface area contributed by atoms with Crippen molar-refractivity contribution in [1.82, 2.24) is 20.4 Å². The summed E-state index contributed by atoms with van der Waals surface area (Å²) in [5, 5.41) is 8.25. The Morgan fingerprint density at radius 2 is 1.04 bits per heavy atom. The maximum absolute atomic E-state index is 13.4. The lowest BCUT2D eigenvalue weighted by atomic mass is 10.0. The van der Waals surface area contributed by atoms with Crippen LogP contribution in [0, 0.1) is 17.8 Å². The monoisotopic (exact) mass is 1140 g/mol. The summed E-state index contributed by atoms with van der Waals surface area (Å²) in [6, 6.07) is 3.11. The van der Waals surface area contributed by atoms with Gasteiger partial charge in [0.2, 0.25) is 35.4 Å². The van der Waals surface area contributed by atoms with Crippen LogP contribution in [0.4, 0.5) is 5.69 Å². The smallest absolute Gasteiger partial charge is 0.308 e. The summed E-state index contributed by atoms with van der Waals surface area (Å²) in [5.41, 5.74) is 1.65. The summed E-state index contributed by atoms with van der Waals surface area (Å²) in [5.74, 6) is -3.33. The average molecular weight is 1140 g/mol. The molecule has 0 aliphatic carbocycles. The fourth-order valence-corrected chi connectivity index (χ4v) is 7.13. The number of anilines is 1. The van der Waals surface area contributed by atoms with Gasteiger partial charge in [0.05, 0.1) is 171 Å². The van der Waals surface area contributed by atoms with E-state index in [-0.39, 0.29) is 120 Å². The number of imide groups is 1. The number of nitrogens with zero attached hydrogens (tertiary/aromatic N) is 2. The number of amides is 6. The molecule has 0 saturated carbocycles. The van der Waals surface area contributed by atoms with Gasteiger partial charge in [0.15, 0.2) is 0 Å². The zero-order chi connectivity index (χ0) is 58.8. The van der Waals surface area contributed by atoms with Crippen molar-refractivity contribution in [2.75, 3.05) is 178 Å². The molecular weight excluding hydrogens is 1050 g/mol. The molecule has 0 aromatic heterocycles. The molecule has 25 nitrogen and oxygen atoms in total. The minimum atomic E-state index is -1.00. The van der Waals surface area contributed by atoms with Crippen LogP contribution in [0.25, 0.3) is 0 Å². The van der Waals surface area contributed by atoms with Crippen LogP contribution in [-0.2, 0) is 108 Å². The number of methoxy groups -OCH3 is 1. The van der Waals surface area contributed by atoms with E-state index < -0.39 is 29.8 Å². The van der Waals surface area contributed by atoms with Gasteiger partial charge in [-0.2, -0.15) is 0 Å². The number of esters is 1. The van der Waals surface area contributed by atoms with E-state index in [9.17, 15) is 33.6 Å². The van der Waals surface area contributed by atoms with E-state index in [0.29, 0.717) is 129 Å². The Hall–Kier alpha value is -4.77. The van der Waals surface area contributed by atoms with Crippen LogP contribution in [0.3, 0.4) is 0 Å². The molecule has 80 heavy (non-hydrogen) atoms. The van der Waals surface area contributed by atoms with E-state index in [1.807, 2.05) is 0 Å². The molecule has 25 heteroatoms. The van der Waals surface area contributed by atoms with E-state index in [0.717, 1.165) is 0 Å². The molecule has 1 aliphatic rings. The summed E-state index contributed by atoms with van der Waals surface area (Å²) in [7, 11) is 3.27. The van der Waals surface area contributed by atoms with Gasteiger partial charge < -0.3 is 82.4 Å². The van der Waals surface area contributed by atoms with Crippen molar-refractivity contribution in [3.05, 3.63) is 29.3 Å². The molecule has 458 valence electrons. The fourth-order valence-electron chi connectivity index (χ4n) is 7.13. The number of ether oxygens (including phenoxy) is 13. The van der Waals surface area contributed by atoms with Crippen molar-refractivity contribution in [3.63, 3.8) is 0 Å². The zero-order valence-electron chi connectivity index (χ0n) is 48.7. The Bertz CT molecular complexity index is 1910. The molecular formula is C55H93N5O20. The van der Waals surface area contributed by atoms with Crippen LogP contribution in [0.15, 0.2) is 18.2 Å². The standard InChI is InChI=1S/C55H93N5O20/c1-41(2)51(58-48(61)11-14-69-19-22-73-27-29-75-24-21-71-16-13-60-50(63)37-43(5)54(60)66)53(65)56-44(6)52(64)57-47-10-9-45(40-80-55(67)42(3)4)46(38-47)39-59(7)49(62)12-15-70-20-23-74-28-30-77-33-34-79-36-35-78-32-31-76-26-25-72-18-17-68-8/h9-10,38,41-44,51H,11-37,39-40H2,1-8H3,(H,56,65)(H,57,64)(H,58,61)/t43?,44-,51?/m0/s1. The molecule has 1 heterocycles. The highest BCUT2D eigenvalue weighted by molar-refractivity contribution is 6.03. The summed E-state index contributed by atoms with van der Waals surface area (Å²) < 4.78 is 70.8. The Labute approximate surface area is 472 Å². The number of carbonyl (C=O) groups is 7. The van der Waals surface area contributed by atoms with Crippen LogP contribution in [0.2, 0.25) is 0 Å². The fraction of sp³-hybridized carbons (Fsp3) is 0.764. The molecule has 2 unspecified atom stereocenters. The largest absolute Gasteiger partial charge is 0.461 e. The lowest BCUT2D eigenvalue weighted by Crippen LogP contribution is -2.53. The second-order valence-electron chi connectivity index (χ2n) is 19.2. The van der Waals surface area contributed by atoms with Crippen LogP contribution in [0.5, 0.6) is 0 Å². The third-order valence-corrected chi connectivity index (χ3v) is 11.8. The summed E-state index contributed by atoms with van der Waals surface area (Å²) in [6.45, 7) is 19.1. The Balaban J connectivity index is 1.65. The first-order valence-electron chi connectivity index (χ1n) is 27.7. The lowest BCUT2D eigenvalue weighted by molar-refractivity contribution is -0.148. The van der Waals surface area contributed by atoms with Crippen molar-refractivity contribution in [2.45, 2.75) is 86.0 Å². The molecule has 1 aromatic rings. The highest BCUT2D eigenvalue weighted by Crippen LogP contribution is 2.21. The lowest BCUT2D eigenvalue weighted by Gasteiger charge is -2.24. The normalized spacial score (nSPS) is 14.2. The summed E-state index contributed by atoms with van der Waals surface area (Å²) in [6.07, 6.45) is 0.338. The molecule has 1 fully saturated rings. The molecule has 1 aromatic carbocycles. The Morgan fingerprint density at radius 3 is 1.48 bits per heavy atom. The van der Waals surface area contributed by atoms with Gasteiger partial charge >= 0.3 is 5.97 Å². The summed E-state index contributed by atoms with van der Waals surface area (Å²) in [4.78, 5) is 91.6. The predicted molar refractivity (Wildman–Crippen MR) is 291 cm³/mol. The van der Waals surface area contributed by atoms with Crippen LogP contribution < -0.4 is 16.0 Å². The second kappa shape index (κ2) is 44.8. The van der Waals surface area contributed by atoms with Crippen molar-refractivity contribution >= 4 is 47.1 Å². The van der Waals surface area contributed by atoms with Crippen LogP contribution in [-0.4, -0.2) is 236 Å². The minimum Gasteiger partial charge on any atom is -0.461 e. The van der Waals surface area contributed by atoms with E-state index in [1.165, 1.54) is 16.7 Å². The second-order valence-corrected chi connectivity index (χ2v) is 19.2. The number of likely N-dealkylation sites (tertiary alicyclic amines) is 1. The van der Waals surface area contributed by atoms with Crippen LogP contribution in [0.1, 0.15) is 71.9 Å². The Morgan fingerprint density at radius 1 is 0.588 bits per heavy atom. The molecule has 3 atom stereocenters. The molecule has 0 radical (unpaired) electrons. The molecule has 3 N–H and O–H groups in total. The van der Waals surface area contributed by atoms with Gasteiger partial charge in [0, 0.05) is 45.1 Å². The van der Waals surface area contributed by atoms with Crippen molar-refractivity contribution in [1.29, 1.82) is 0 Å². The van der Waals surface area contributed by atoms with E-state index in [1.54, 1.807) is 67.0 Å². The van der Waals surface area contributed by atoms with Crippen molar-refractivity contribution < 1.29 is 95.1 Å². The predicted octanol–water partition coefficient (Wildman–Crippen LogP) is 1.93. The molecule has 1 aliphatic heterocycles. The molecule has 2 rings (SSSR count). The first-order valence-corrected chi connectivity index (χ1v) is 27.7. The average Bonchev–Trinajstić information content (AvgIpc) is 3.72. The number of rotatable bonds is 50. The molecule has 0 bridgehead atoms. The highest BCUT2D eigenvalue weighted by Gasteiger charge is 2.35. The van der Waals surface area contributed by atoms with Crippen LogP contribution >= 0.6 is 0 Å². The quantitative estimate of drug-likeness (QED) is 0.0477. The van der Waals surface area contributed by atoms with Gasteiger partial charge in [-0.25, -0.2) is 0 Å². The first-order chi connectivity index (χ1) is 38.5. The minimum absolute atomic E-state index is 0.00576. The van der Waals surface area contributed by atoms with Crippen molar-refractivity contribution in [2.24, 2.45) is 17.8 Å². The van der Waals surface area contributed by atoms with Gasteiger partial charge in [0.25, 0.3) is 0 Å². The molecule has 0 spiro atoms. The highest BCUT2D eigenvalue weighted by atomic mass is 16.6. The number of carbonyl (C=O) groups excluding carboxylic acids is 7. The van der Waals surface area contributed by atoms with Gasteiger partial charge in [-0.05, 0) is 36.1 Å². The maximum atomic E-state index is 13.4. The number of benzene rings is 1.